The number of carbonyl (C=O) groups excluding carboxylic acids is 2. The fourth-order valence-electron chi connectivity index (χ4n) is 3.60. The Kier molecular flexibility index (Phi) is 7.34. The van der Waals surface area contributed by atoms with E-state index in [1.807, 2.05) is 24.3 Å². The van der Waals surface area contributed by atoms with E-state index in [1.165, 1.54) is 0 Å². The summed E-state index contributed by atoms with van der Waals surface area (Å²) in [4.78, 5) is 25.6. The number of carbonyl (C=O) groups is 2. The van der Waals surface area contributed by atoms with Crippen molar-refractivity contribution in [1.82, 2.24) is 10.2 Å². The number of likely N-dealkylation sites (tertiary alicyclic amines) is 1. The lowest BCUT2D eigenvalue weighted by atomic mass is 10.0. The average molecular weight is 434 g/mol. The number of hydrogen-bond acceptors (Lipinski definition) is 6. The van der Waals surface area contributed by atoms with Gasteiger partial charge < -0.3 is 26.4 Å². The van der Waals surface area contributed by atoms with Crippen molar-refractivity contribution in [3.8, 4) is 17.6 Å². The van der Waals surface area contributed by atoms with Gasteiger partial charge in [-0.2, -0.15) is 0 Å². The summed E-state index contributed by atoms with van der Waals surface area (Å²) in [5.74, 6) is 4.73. The number of allylic oxidation sites excluding steroid dienone is 2. The van der Waals surface area contributed by atoms with Crippen LogP contribution in [0.2, 0.25) is 0 Å². The number of amides is 2. The molecular weight excluding hydrogens is 406 g/mol. The molecule has 1 aromatic carbocycles. The van der Waals surface area contributed by atoms with Gasteiger partial charge in [0.1, 0.15) is 23.2 Å². The quantitative estimate of drug-likeness (QED) is 0.291. The van der Waals surface area contributed by atoms with Crippen LogP contribution in [0.25, 0.3) is 0 Å². The monoisotopic (exact) mass is 433 g/mol. The Balaban J connectivity index is 1.69. The number of benzene rings is 1. The van der Waals surface area contributed by atoms with Crippen molar-refractivity contribution < 1.29 is 14.3 Å². The summed E-state index contributed by atoms with van der Waals surface area (Å²) in [5.41, 5.74) is 12.0. The van der Waals surface area contributed by atoms with Gasteiger partial charge in [0.2, 0.25) is 0 Å². The highest BCUT2D eigenvalue weighted by atomic mass is 16.5. The van der Waals surface area contributed by atoms with Gasteiger partial charge in [-0.05, 0) is 49.6 Å². The lowest BCUT2D eigenvalue weighted by Gasteiger charge is -2.18. The predicted molar refractivity (Wildman–Crippen MR) is 123 cm³/mol. The van der Waals surface area contributed by atoms with Crippen LogP contribution < -0.4 is 21.5 Å². The van der Waals surface area contributed by atoms with Gasteiger partial charge >= 0.3 is 0 Å². The number of nitrogens with two attached hydrogens (primary N) is 2. The predicted octanol–water partition coefficient (Wildman–Crippen LogP) is 1.19. The second-order valence-corrected chi connectivity index (χ2v) is 7.51. The molecule has 1 aromatic rings. The van der Waals surface area contributed by atoms with Crippen molar-refractivity contribution in [3.63, 3.8) is 0 Å². The number of hydrogen-bond donors (Lipinski definition) is 4. The van der Waals surface area contributed by atoms with Crippen molar-refractivity contribution in [2.45, 2.75) is 31.9 Å². The second-order valence-electron chi connectivity index (χ2n) is 7.51. The van der Waals surface area contributed by atoms with Crippen LogP contribution >= 0.6 is 0 Å². The van der Waals surface area contributed by atoms with E-state index in [0.717, 1.165) is 6.42 Å². The van der Waals surface area contributed by atoms with Crippen LogP contribution in [0.3, 0.4) is 0 Å². The van der Waals surface area contributed by atoms with E-state index in [-0.39, 0.29) is 35.2 Å². The topological polar surface area (TPSA) is 135 Å². The van der Waals surface area contributed by atoms with Gasteiger partial charge in [0.15, 0.2) is 0 Å². The molecule has 1 saturated heterocycles. The number of nitrogens with one attached hydrogen (secondary N) is 2. The summed E-state index contributed by atoms with van der Waals surface area (Å²) < 4.78 is 5.89. The Morgan fingerprint density at radius 3 is 2.59 bits per heavy atom. The molecule has 2 atom stereocenters. The zero-order valence-corrected chi connectivity index (χ0v) is 17.9. The fourth-order valence-corrected chi connectivity index (χ4v) is 3.60. The van der Waals surface area contributed by atoms with Crippen LogP contribution in [-0.2, 0) is 9.59 Å². The SMILES string of the molecule is CC#CC(=O)N1CCC(N/C(N)=C(\C(=N)c2ccc(OC3C=CC=CC3)cc2)C(N)=O)C1. The average Bonchev–Trinajstić information content (AvgIpc) is 3.23. The highest BCUT2D eigenvalue weighted by Crippen LogP contribution is 2.19. The van der Waals surface area contributed by atoms with E-state index in [4.69, 9.17) is 21.6 Å². The number of nitrogens with zero attached hydrogens (tertiary/aromatic N) is 1. The Morgan fingerprint density at radius 2 is 1.97 bits per heavy atom. The molecule has 0 saturated carbocycles. The summed E-state index contributed by atoms with van der Waals surface area (Å²) in [7, 11) is 0. The molecule has 2 aliphatic rings. The molecule has 0 bridgehead atoms. The number of ether oxygens (including phenoxy) is 1. The minimum absolute atomic E-state index is 0.0165. The third-order valence-corrected chi connectivity index (χ3v) is 5.20. The standard InChI is InChI=1S/C24H27N5O3/c1-2-6-20(30)29-14-13-17(15-29)28-23(26)21(24(27)31)22(25)16-9-11-19(12-10-16)32-18-7-4-3-5-8-18/h3-5,7,9-12,17-18,25,28H,8,13-15,26H2,1H3,(H2,27,31)/b23-21+,25-22?. The van der Waals surface area contributed by atoms with Gasteiger partial charge in [0.05, 0.1) is 5.71 Å². The van der Waals surface area contributed by atoms with Gasteiger partial charge in [0, 0.05) is 31.1 Å². The molecule has 0 spiro atoms. The van der Waals surface area contributed by atoms with Crippen LogP contribution in [0.15, 0.2) is 60.0 Å². The third-order valence-electron chi connectivity index (χ3n) is 5.20. The van der Waals surface area contributed by atoms with E-state index in [1.54, 1.807) is 36.1 Å². The van der Waals surface area contributed by atoms with E-state index in [2.05, 4.69) is 17.2 Å². The Hall–Kier alpha value is -3.99. The molecule has 0 aromatic heterocycles. The van der Waals surface area contributed by atoms with Crippen LogP contribution in [-0.4, -0.2) is 47.7 Å². The molecule has 1 aliphatic carbocycles. The van der Waals surface area contributed by atoms with Gasteiger partial charge in [-0.1, -0.05) is 24.1 Å². The van der Waals surface area contributed by atoms with Crippen molar-refractivity contribution >= 4 is 17.5 Å². The summed E-state index contributed by atoms with van der Waals surface area (Å²) in [5, 5.41) is 11.5. The van der Waals surface area contributed by atoms with E-state index in [9.17, 15) is 9.59 Å². The van der Waals surface area contributed by atoms with Crippen molar-refractivity contribution in [1.29, 1.82) is 5.41 Å². The highest BCUT2D eigenvalue weighted by molar-refractivity contribution is 6.26. The molecule has 3 rings (SSSR count). The molecular formula is C24H27N5O3. The fraction of sp³-hybridized carbons (Fsp3) is 0.292. The molecule has 2 unspecified atom stereocenters. The maximum atomic E-state index is 12.1. The second kappa shape index (κ2) is 10.4. The van der Waals surface area contributed by atoms with Crippen LogP contribution in [0, 0.1) is 17.3 Å². The Morgan fingerprint density at radius 1 is 1.22 bits per heavy atom. The first-order valence-electron chi connectivity index (χ1n) is 10.4. The van der Waals surface area contributed by atoms with Crippen molar-refractivity contribution in [3.05, 3.63) is 65.5 Å². The molecule has 2 amide bonds. The first-order chi connectivity index (χ1) is 15.4. The van der Waals surface area contributed by atoms with Crippen molar-refractivity contribution in [2.75, 3.05) is 13.1 Å². The van der Waals surface area contributed by atoms with Crippen LogP contribution in [0.1, 0.15) is 25.3 Å². The van der Waals surface area contributed by atoms with Gasteiger partial charge in [-0.3, -0.25) is 15.0 Å². The highest BCUT2D eigenvalue weighted by Gasteiger charge is 2.27. The Bertz CT molecular complexity index is 1040. The van der Waals surface area contributed by atoms with Gasteiger partial charge in [-0.15, -0.1) is 0 Å². The molecule has 8 nitrogen and oxygen atoms in total. The molecule has 32 heavy (non-hydrogen) atoms. The molecule has 1 heterocycles. The summed E-state index contributed by atoms with van der Waals surface area (Å²) >= 11 is 0. The maximum absolute atomic E-state index is 12.1. The molecule has 1 fully saturated rings. The lowest BCUT2D eigenvalue weighted by molar-refractivity contribution is -0.124. The van der Waals surface area contributed by atoms with E-state index >= 15 is 0 Å². The third kappa shape index (κ3) is 5.58. The van der Waals surface area contributed by atoms with Gasteiger partial charge in [-0.25, -0.2) is 0 Å². The zero-order valence-electron chi connectivity index (χ0n) is 17.9. The first-order valence-corrected chi connectivity index (χ1v) is 10.4. The number of rotatable bonds is 7. The molecule has 1 aliphatic heterocycles. The summed E-state index contributed by atoms with van der Waals surface area (Å²) in [6, 6.07) is 6.71. The summed E-state index contributed by atoms with van der Waals surface area (Å²) in [6.45, 7) is 2.55. The molecule has 6 N–H and O–H groups in total. The zero-order chi connectivity index (χ0) is 23.1. The molecule has 166 valence electrons. The van der Waals surface area contributed by atoms with Crippen molar-refractivity contribution in [2.24, 2.45) is 11.5 Å². The molecule has 8 heteroatoms. The largest absolute Gasteiger partial charge is 0.486 e. The van der Waals surface area contributed by atoms with Crippen LogP contribution in [0.5, 0.6) is 5.75 Å². The van der Waals surface area contributed by atoms with E-state index in [0.29, 0.717) is 30.8 Å². The molecule has 0 radical (unpaired) electrons. The minimum atomic E-state index is -0.803. The lowest BCUT2D eigenvalue weighted by Crippen LogP contribution is -2.39. The van der Waals surface area contributed by atoms with Gasteiger partial charge in [0.25, 0.3) is 11.8 Å². The van der Waals surface area contributed by atoms with Crippen LogP contribution in [0.4, 0.5) is 0 Å². The summed E-state index contributed by atoms with van der Waals surface area (Å²) in [6.07, 6.45) is 9.32. The van der Waals surface area contributed by atoms with E-state index < -0.39 is 5.91 Å². The minimum Gasteiger partial charge on any atom is -0.486 e. The maximum Gasteiger partial charge on any atom is 0.298 e. The number of primary amides is 1. The first kappa shape index (κ1) is 22.7. The normalized spacial score (nSPS) is 20.1. The Labute approximate surface area is 187 Å². The smallest absolute Gasteiger partial charge is 0.298 e.